The summed E-state index contributed by atoms with van der Waals surface area (Å²) in [5.74, 6) is 2.90. The Hall–Kier alpha value is -3.62. The Labute approximate surface area is 190 Å². The molecular weight excluding hydrogens is 450 g/mol. The van der Waals surface area contributed by atoms with Crippen molar-refractivity contribution >= 4 is 34.0 Å². The van der Waals surface area contributed by atoms with Gasteiger partial charge in [-0.3, -0.25) is 4.79 Å². The highest BCUT2D eigenvalue weighted by atomic mass is 35.5. The molecule has 0 amide bonds. The molecule has 0 fully saturated rings. The van der Waals surface area contributed by atoms with Crippen molar-refractivity contribution in [2.45, 2.75) is 6.10 Å². The van der Waals surface area contributed by atoms with Gasteiger partial charge in [-0.1, -0.05) is 47.2 Å². The highest BCUT2D eigenvalue weighted by Gasteiger charge is 2.27. The quantitative estimate of drug-likeness (QED) is 0.400. The largest absolute Gasteiger partial charge is 0.485 e. The number of para-hydroxylation sites is 2. The summed E-state index contributed by atoms with van der Waals surface area (Å²) < 4.78 is 19.3. The highest BCUT2D eigenvalue weighted by Crippen LogP contribution is 2.35. The standard InChI is InChI=1S/C23H14ClN3O4S/c24-15-6-2-1-5-14(15)16-10-9-13(30-16)11-20-22(28)27-23(32-20)25-21(26-27)19-12-29-17-7-3-4-8-18(17)31-19/h1-11,19H,12H2/b20-11+/t19-/m1/s1. The molecule has 0 radical (unpaired) electrons. The van der Waals surface area contributed by atoms with Crippen molar-refractivity contribution in [2.24, 2.45) is 0 Å². The van der Waals surface area contributed by atoms with Crippen molar-refractivity contribution in [3.8, 4) is 22.8 Å². The molecule has 32 heavy (non-hydrogen) atoms. The molecule has 5 aromatic rings. The number of furan rings is 1. The van der Waals surface area contributed by atoms with Crippen molar-refractivity contribution in [3.63, 3.8) is 0 Å². The Balaban J connectivity index is 1.31. The fraction of sp³-hybridized carbons (Fsp3) is 0.0870. The Morgan fingerprint density at radius 1 is 1.06 bits per heavy atom. The van der Waals surface area contributed by atoms with Gasteiger partial charge in [-0.25, -0.2) is 0 Å². The van der Waals surface area contributed by atoms with Crippen molar-refractivity contribution < 1.29 is 13.9 Å². The normalized spacial score (nSPS) is 16.0. The molecule has 0 spiro atoms. The maximum absolute atomic E-state index is 12.9. The smallest absolute Gasteiger partial charge is 0.291 e. The van der Waals surface area contributed by atoms with Crippen LogP contribution in [0, 0.1) is 0 Å². The first-order valence-corrected chi connectivity index (χ1v) is 11.0. The zero-order valence-electron chi connectivity index (χ0n) is 16.4. The number of hydrogen-bond acceptors (Lipinski definition) is 7. The molecule has 4 heterocycles. The number of hydrogen-bond donors (Lipinski definition) is 0. The van der Waals surface area contributed by atoms with Gasteiger partial charge in [0.05, 0.1) is 5.02 Å². The highest BCUT2D eigenvalue weighted by molar-refractivity contribution is 7.15. The van der Waals surface area contributed by atoms with Crippen LogP contribution in [0.15, 0.2) is 69.9 Å². The van der Waals surface area contributed by atoms with Gasteiger partial charge >= 0.3 is 0 Å². The molecule has 1 aliphatic heterocycles. The maximum atomic E-state index is 12.9. The lowest BCUT2D eigenvalue weighted by molar-refractivity contribution is 0.0852. The summed E-state index contributed by atoms with van der Waals surface area (Å²) in [6.07, 6.45) is 1.20. The van der Waals surface area contributed by atoms with E-state index >= 15 is 0 Å². The molecular formula is C23H14ClN3O4S. The van der Waals surface area contributed by atoms with Crippen molar-refractivity contribution in [1.82, 2.24) is 14.6 Å². The van der Waals surface area contributed by atoms with E-state index in [0.717, 1.165) is 5.56 Å². The molecule has 7 nitrogen and oxygen atoms in total. The first-order chi connectivity index (χ1) is 15.7. The van der Waals surface area contributed by atoms with Gasteiger partial charge in [0.2, 0.25) is 4.96 Å². The molecule has 1 atom stereocenters. The van der Waals surface area contributed by atoms with Crippen molar-refractivity contribution in [1.29, 1.82) is 0 Å². The second-order valence-corrected chi connectivity index (χ2v) is 8.54. The van der Waals surface area contributed by atoms with E-state index in [2.05, 4.69) is 10.1 Å². The van der Waals surface area contributed by atoms with Gasteiger partial charge < -0.3 is 13.9 Å². The summed E-state index contributed by atoms with van der Waals surface area (Å²) in [6.45, 7) is 0.277. The fourth-order valence-corrected chi connectivity index (χ4v) is 4.62. The van der Waals surface area contributed by atoms with Gasteiger partial charge in [0.15, 0.2) is 23.4 Å². The topological polar surface area (TPSA) is 78.9 Å². The van der Waals surface area contributed by atoms with Crippen LogP contribution in [-0.4, -0.2) is 21.2 Å². The first kappa shape index (κ1) is 19.1. The number of ether oxygens (including phenoxy) is 2. The summed E-state index contributed by atoms with van der Waals surface area (Å²) >= 11 is 7.48. The van der Waals surface area contributed by atoms with Crippen LogP contribution in [0.25, 0.3) is 22.4 Å². The van der Waals surface area contributed by atoms with Gasteiger partial charge in [0, 0.05) is 11.6 Å². The molecule has 0 saturated carbocycles. The lowest BCUT2D eigenvalue weighted by Gasteiger charge is -2.24. The predicted molar refractivity (Wildman–Crippen MR) is 120 cm³/mol. The Kier molecular flexibility index (Phi) is 4.48. The molecule has 0 N–H and O–H groups in total. The van der Waals surface area contributed by atoms with E-state index in [1.54, 1.807) is 18.2 Å². The van der Waals surface area contributed by atoms with Gasteiger partial charge in [-0.15, -0.1) is 5.10 Å². The Bertz CT molecular complexity index is 1570. The predicted octanol–water partition coefficient (Wildman–Crippen LogP) is 4.12. The third-order valence-corrected chi connectivity index (χ3v) is 6.32. The van der Waals surface area contributed by atoms with E-state index < -0.39 is 6.10 Å². The van der Waals surface area contributed by atoms with E-state index in [1.165, 1.54) is 15.9 Å². The minimum Gasteiger partial charge on any atom is -0.485 e. The van der Waals surface area contributed by atoms with E-state index in [-0.39, 0.29) is 12.2 Å². The van der Waals surface area contributed by atoms with Gasteiger partial charge in [-0.05, 0) is 36.4 Å². The zero-order valence-corrected chi connectivity index (χ0v) is 18.0. The number of halogens is 1. The van der Waals surface area contributed by atoms with Crippen LogP contribution in [0.3, 0.4) is 0 Å². The van der Waals surface area contributed by atoms with Gasteiger partial charge in [0.25, 0.3) is 5.56 Å². The lowest BCUT2D eigenvalue weighted by atomic mass is 10.2. The summed E-state index contributed by atoms with van der Waals surface area (Å²) in [5.41, 5.74) is 0.524. The minimum atomic E-state index is -0.480. The molecule has 0 unspecified atom stereocenters. The molecule has 158 valence electrons. The number of aromatic nitrogens is 3. The zero-order chi connectivity index (χ0) is 21.7. The third-order valence-electron chi connectivity index (χ3n) is 5.03. The fourth-order valence-electron chi connectivity index (χ4n) is 3.50. The van der Waals surface area contributed by atoms with Crippen molar-refractivity contribution in [3.05, 3.63) is 92.2 Å². The summed E-state index contributed by atoms with van der Waals surface area (Å²) in [4.78, 5) is 17.8. The molecule has 2 aromatic carbocycles. The number of benzene rings is 2. The molecule has 9 heteroatoms. The van der Waals surface area contributed by atoms with Crippen LogP contribution in [-0.2, 0) is 0 Å². The second-order valence-electron chi connectivity index (χ2n) is 7.13. The monoisotopic (exact) mass is 463 g/mol. The van der Waals surface area contributed by atoms with Crippen molar-refractivity contribution in [2.75, 3.05) is 6.61 Å². The summed E-state index contributed by atoms with van der Waals surface area (Å²) in [7, 11) is 0. The summed E-state index contributed by atoms with van der Waals surface area (Å²) in [5, 5.41) is 4.96. The lowest BCUT2D eigenvalue weighted by Crippen LogP contribution is -2.26. The number of rotatable bonds is 3. The Morgan fingerprint density at radius 3 is 2.72 bits per heavy atom. The molecule has 3 aromatic heterocycles. The average molecular weight is 464 g/mol. The van der Waals surface area contributed by atoms with Crippen LogP contribution >= 0.6 is 22.9 Å². The SMILES string of the molecule is O=c1/c(=C\c2ccc(-c3ccccc3Cl)o2)sc2nc([C@H]3COc4ccccc4O3)nn12. The Morgan fingerprint density at radius 2 is 1.88 bits per heavy atom. The van der Waals surface area contributed by atoms with Crippen LogP contribution in [0.4, 0.5) is 0 Å². The van der Waals surface area contributed by atoms with Gasteiger partial charge in [-0.2, -0.15) is 9.50 Å². The maximum Gasteiger partial charge on any atom is 0.291 e. The molecule has 0 bridgehead atoms. The molecule has 1 aliphatic rings. The van der Waals surface area contributed by atoms with E-state index in [9.17, 15) is 4.79 Å². The van der Waals surface area contributed by atoms with Crippen LogP contribution in [0.1, 0.15) is 17.7 Å². The average Bonchev–Trinajstić information content (AvgIpc) is 3.51. The third kappa shape index (κ3) is 3.24. The summed E-state index contributed by atoms with van der Waals surface area (Å²) in [6, 6.07) is 18.5. The van der Waals surface area contributed by atoms with E-state index in [0.29, 0.717) is 43.4 Å². The van der Waals surface area contributed by atoms with E-state index in [4.69, 9.17) is 25.5 Å². The number of fused-ring (bicyclic) bond motifs is 2. The van der Waals surface area contributed by atoms with E-state index in [1.807, 2.05) is 48.5 Å². The molecule has 0 saturated heterocycles. The van der Waals surface area contributed by atoms with Crippen LogP contribution in [0.5, 0.6) is 11.5 Å². The molecule has 6 rings (SSSR count). The van der Waals surface area contributed by atoms with Crippen LogP contribution < -0.4 is 19.6 Å². The second kappa shape index (κ2) is 7.51. The number of nitrogens with zero attached hydrogens (tertiary/aromatic N) is 3. The van der Waals surface area contributed by atoms with Gasteiger partial charge in [0.1, 0.15) is 22.7 Å². The first-order valence-electron chi connectivity index (χ1n) is 9.80. The minimum absolute atomic E-state index is 0.267. The van der Waals surface area contributed by atoms with Crippen LogP contribution in [0.2, 0.25) is 5.02 Å². The molecule has 0 aliphatic carbocycles. The number of thiazole rings is 1.